The zero-order valence-corrected chi connectivity index (χ0v) is 17.0. The minimum absolute atomic E-state index is 0.0762. The van der Waals surface area contributed by atoms with Crippen LogP contribution in [0.3, 0.4) is 0 Å². The third-order valence-electron chi connectivity index (χ3n) is 5.06. The highest BCUT2D eigenvalue weighted by molar-refractivity contribution is 7.13. The van der Waals surface area contributed by atoms with Gasteiger partial charge in [0.05, 0.1) is 0 Å². The van der Waals surface area contributed by atoms with Crippen molar-refractivity contribution in [3.8, 4) is 0 Å². The number of carbonyl (C=O) groups is 2. The Morgan fingerprint density at radius 3 is 2.52 bits per heavy atom. The molecule has 6 nitrogen and oxygen atoms in total. The number of nitrogens with zero attached hydrogens (tertiary/aromatic N) is 3. The molecule has 1 N–H and O–H groups in total. The van der Waals surface area contributed by atoms with Crippen molar-refractivity contribution in [3.63, 3.8) is 0 Å². The Hall–Kier alpha value is -3.06. The van der Waals surface area contributed by atoms with Crippen LogP contribution in [-0.4, -0.2) is 40.0 Å². The molecule has 2 amide bonds. The van der Waals surface area contributed by atoms with Crippen LogP contribution < -0.4 is 5.32 Å². The molecule has 0 atom stereocenters. The molecule has 0 radical (unpaired) electrons. The van der Waals surface area contributed by atoms with E-state index < -0.39 is 0 Å². The molecule has 4 rings (SSSR count). The number of carbonyl (C=O) groups excluding carboxylic acids is 2. The monoisotopic (exact) mass is 406 g/mol. The van der Waals surface area contributed by atoms with Crippen molar-refractivity contribution < 1.29 is 9.59 Å². The number of aromatic nitrogens is 2. The van der Waals surface area contributed by atoms with Gasteiger partial charge >= 0.3 is 0 Å². The lowest BCUT2D eigenvalue weighted by atomic mass is 9.97. The minimum Gasteiger partial charge on any atom is -0.339 e. The van der Waals surface area contributed by atoms with Gasteiger partial charge in [0.1, 0.15) is 5.01 Å². The van der Waals surface area contributed by atoms with E-state index in [-0.39, 0.29) is 17.7 Å². The molecule has 2 heterocycles. The van der Waals surface area contributed by atoms with Crippen molar-refractivity contribution in [2.45, 2.75) is 25.7 Å². The molecule has 0 saturated carbocycles. The molecular formula is C22H22N4O2S. The van der Waals surface area contributed by atoms with E-state index in [9.17, 15) is 9.59 Å². The third-order valence-corrected chi connectivity index (χ3v) is 6.15. The van der Waals surface area contributed by atoms with Gasteiger partial charge in [0.25, 0.3) is 11.8 Å². The van der Waals surface area contributed by atoms with E-state index in [0.717, 1.165) is 34.7 Å². The second-order valence-electron chi connectivity index (χ2n) is 7.20. The number of para-hydroxylation sites is 1. The fourth-order valence-electron chi connectivity index (χ4n) is 3.49. The molecule has 0 unspecified atom stereocenters. The van der Waals surface area contributed by atoms with Crippen molar-refractivity contribution >= 4 is 28.8 Å². The summed E-state index contributed by atoms with van der Waals surface area (Å²) in [5.41, 5.74) is 2.55. The van der Waals surface area contributed by atoms with E-state index in [2.05, 4.69) is 15.5 Å². The Balaban J connectivity index is 1.35. The molecule has 1 aliphatic rings. The lowest BCUT2D eigenvalue weighted by Gasteiger charge is -2.31. The van der Waals surface area contributed by atoms with Crippen molar-refractivity contribution in [3.05, 3.63) is 75.7 Å². The summed E-state index contributed by atoms with van der Waals surface area (Å²) in [7, 11) is 0. The van der Waals surface area contributed by atoms with E-state index in [1.165, 1.54) is 11.3 Å². The molecule has 29 heavy (non-hydrogen) atoms. The number of anilines is 1. The first kappa shape index (κ1) is 19.3. The van der Waals surface area contributed by atoms with Gasteiger partial charge in [0.15, 0.2) is 0 Å². The largest absolute Gasteiger partial charge is 0.339 e. The Morgan fingerprint density at radius 2 is 1.79 bits per heavy atom. The van der Waals surface area contributed by atoms with E-state index in [0.29, 0.717) is 18.1 Å². The number of rotatable bonds is 4. The van der Waals surface area contributed by atoms with Crippen molar-refractivity contribution in [1.29, 1.82) is 0 Å². The molecule has 0 aliphatic carbocycles. The van der Waals surface area contributed by atoms with E-state index in [1.54, 1.807) is 0 Å². The number of amides is 2. The van der Waals surface area contributed by atoms with Gasteiger partial charge in [-0.05, 0) is 44.0 Å². The number of piperidine rings is 1. The molecule has 2 aromatic carbocycles. The van der Waals surface area contributed by atoms with Crippen LogP contribution in [0.4, 0.5) is 5.69 Å². The van der Waals surface area contributed by atoms with E-state index in [4.69, 9.17) is 0 Å². The summed E-state index contributed by atoms with van der Waals surface area (Å²) < 4.78 is 0. The zero-order valence-electron chi connectivity index (χ0n) is 16.2. The maximum absolute atomic E-state index is 12.7. The maximum atomic E-state index is 12.7. The molecule has 1 fully saturated rings. The number of hydrogen-bond acceptors (Lipinski definition) is 5. The fourth-order valence-corrected chi connectivity index (χ4v) is 4.40. The van der Waals surface area contributed by atoms with Gasteiger partial charge in [-0.1, -0.05) is 47.2 Å². The smallest absolute Gasteiger partial charge is 0.286 e. The predicted molar refractivity (Wildman–Crippen MR) is 113 cm³/mol. The minimum atomic E-state index is -0.244. The third kappa shape index (κ3) is 4.51. The highest BCUT2D eigenvalue weighted by atomic mass is 32.1. The summed E-state index contributed by atoms with van der Waals surface area (Å²) in [5.74, 6) is 0.0617. The molecule has 0 spiro atoms. The molecule has 0 bridgehead atoms. The number of likely N-dealkylation sites (tertiary alicyclic amines) is 1. The first-order valence-electron chi connectivity index (χ1n) is 9.66. The van der Waals surface area contributed by atoms with Crippen molar-refractivity contribution in [2.24, 2.45) is 0 Å². The van der Waals surface area contributed by atoms with Gasteiger partial charge < -0.3 is 10.2 Å². The number of hydrogen-bond donors (Lipinski definition) is 1. The molecular weight excluding hydrogens is 384 g/mol. The van der Waals surface area contributed by atoms with Crippen LogP contribution in [0.5, 0.6) is 0 Å². The van der Waals surface area contributed by atoms with Crippen LogP contribution in [0.2, 0.25) is 0 Å². The normalized spacial score (nSPS) is 14.6. The fraction of sp³-hybridized carbons (Fsp3) is 0.273. The first-order chi connectivity index (χ1) is 14.1. The topological polar surface area (TPSA) is 75.2 Å². The SMILES string of the molecule is Cc1cccc(C(=O)N2CCC(c3nnc(C(=O)Nc4ccccc4)s3)CC2)c1. The second-order valence-corrected chi connectivity index (χ2v) is 8.21. The Bertz CT molecular complexity index is 1010. The quantitative estimate of drug-likeness (QED) is 0.707. The van der Waals surface area contributed by atoms with Crippen LogP contribution in [0.25, 0.3) is 0 Å². The average molecular weight is 407 g/mol. The maximum Gasteiger partial charge on any atom is 0.286 e. The molecule has 1 aromatic heterocycles. The molecule has 148 valence electrons. The van der Waals surface area contributed by atoms with Crippen LogP contribution in [0.15, 0.2) is 54.6 Å². The van der Waals surface area contributed by atoms with Crippen LogP contribution >= 0.6 is 11.3 Å². The van der Waals surface area contributed by atoms with Crippen molar-refractivity contribution in [2.75, 3.05) is 18.4 Å². The molecule has 1 aliphatic heterocycles. The number of nitrogens with one attached hydrogen (secondary N) is 1. The Kier molecular flexibility index (Phi) is 5.67. The van der Waals surface area contributed by atoms with Gasteiger partial charge in [0.2, 0.25) is 5.01 Å². The zero-order chi connectivity index (χ0) is 20.2. The highest BCUT2D eigenvalue weighted by Crippen LogP contribution is 2.31. The van der Waals surface area contributed by atoms with Gasteiger partial charge in [-0.3, -0.25) is 9.59 Å². The number of aryl methyl sites for hydroxylation is 1. The van der Waals surface area contributed by atoms with Crippen LogP contribution in [-0.2, 0) is 0 Å². The molecule has 1 saturated heterocycles. The summed E-state index contributed by atoms with van der Waals surface area (Å²) >= 11 is 1.34. The summed E-state index contributed by atoms with van der Waals surface area (Å²) in [4.78, 5) is 27.0. The predicted octanol–water partition coefficient (Wildman–Crippen LogP) is 4.12. The molecule has 7 heteroatoms. The summed E-state index contributed by atoms with van der Waals surface area (Å²) in [6, 6.07) is 17.0. The standard InChI is InChI=1S/C22H22N4O2S/c1-15-6-5-7-17(14-15)22(28)26-12-10-16(11-13-26)20-24-25-21(29-20)19(27)23-18-8-3-2-4-9-18/h2-9,14,16H,10-13H2,1H3,(H,23,27). The second kappa shape index (κ2) is 8.53. The highest BCUT2D eigenvalue weighted by Gasteiger charge is 2.27. The van der Waals surface area contributed by atoms with E-state index in [1.807, 2.05) is 66.4 Å². The first-order valence-corrected chi connectivity index (χ1v) is 10.5. The van der Waals surface area contributed by atoms with Gasteiger partial charge in [-0.15, -0.1) is 10.2 Å². The summed E-state index contributed by atoms with van der Waals surface area (Å²) in [5, 5.41) is 12.4. The van der Waals surface area contributed by atoms with Crippen LogP contribution in [0, 0.1) is 6.92 Å². The van der Waals surface area contributed by atoms with E-state index >= 15 is 0 Å². The lowest BCUT2D eigenvalue weighted by Crippen LogP contribution is -2.37. The Morgan fingerprint density at radius 1 is 1.03 bits per heavy atom. The number of benzene rings is 2. The van der Waals surface area contributed by atoms with Crippen LogP contribution in [0.1, 0.15) is 49.5 Å². The van der Waals surface area contributed by atoms with Gasteiger partial charge in [-0.25, -0.2) is 0 Å². The van der Waals surface area contributed by atoms with Crippen molar-refractivity contribution in [1.82, 2.24) is 15.1 Å². The lowest BCUT2D eigenvalue weighted by molar-refractivity contribution is 0.0712. The summed E-state index contributed by atoms with van der Waals surface area (Å²) in [6.45, 7) is 3.36. The Labute approximate surface area is 173 Å². The average Bonchev–Trinajstić information content (AvgIpc) is 3.25. The van der Waals surface area contributed by atoms with Gasteiger partial charge in [-0.2, -0.15) is 0 Å². The van der Waals surface area contributed by atoms with Gasteiger partial charge in [0, 0.05) is 30.3 Å². The molecule has 3 aromatic rings. The summed E-state index contributed by atoms with van der Waals surface area (Å²) in [6.07, 6.45) is 1.65.